The topological polar surface area (TPSA) is 78.5 Å². The Morgan fingerprint density at radius 2 is 1.62 bits per heavy atom. The Balaban J connectivity index is 1.26. The van der Waals surface area contributed by atoms with Gasteiger partial charge < -0.3 is 5.32 Å². The minimum absolute atomic E-state index is 0.00196. The van der Waals surface area contributed by atoms with Crippen LogP contribution in [0.2, 0.25) is 0 Å². The molecule has 2 unspecified atom stereocenters. The van der Waals surface area contributed by atoms with Crippen molar-refractivity contribution in [1.29, 1.82) is 0 Å². The minimum atomic E-state index is -3.44. The lowest BCUT2D eigenvalue weighted by Crippen LogP contribution is -2.38. The molecule has 0 bridgehead atoms. The summed E-state index contributed by atoms with van der Waals surface area (Å²) < 4.78 is 27.3. The van der Waals surface area contributed by atoms with E-state index in [2.05, 4.69) is 47.0 Å². The highest BCUT2D eigenvalue weighted by molar-refractivity contribution is 7.89. The van der Waals surface area contributed by atoms with Gasteiger partial charge in [-0.1, -0.05) is 50.2 Å². The van der Waals surface area contributed by atoms with E-state index in [1.807, 2.05) is 6.07 Å². The monoisotopic (exact) mass is 483 g/mol. The van der Waals surface area contributed by atoms with Crippen molar-refractivity contribution in [3.05, 3.63) is 65.2 Å². The highest BCUT2D eigenvalue weighted by Crippen LogP contribution is 2.24. The average Bonchev–Trinajstić information content (AvgIpc) is 3.60. The Kier molecular flexibility index (Phi) is 8.06. The number of amides is 1. The second-order valence-electron chi connectivity index (χ2n) is 10.2. The number of rotatable bonds is 10. The molecule has 1 saturated carbocycles. The number of sulfonamides is 1. The number of carbonyl (C=O) groups is 1. The van der Waals surface area contributed by atoms with E-state index in [4.69, 9.17) is 0 Å². The Bertz CT molecular complexity index is 1070. The standard InChI is InChI=1S/C27H37N3O3S/c1-20-15-21(2)18-30(17-20)19-24-6-4-3-5-23(24)16-28-27(31)14-9-22-7-12-26(13-8-22)34(32,33)29-25-10-11-25/h3-8,12-13,20-21,25,29H,9-11,14-19H2,1-2H3,(H,28,31). The molecule has 1 saturated heterocycles. The van der Waals surface area contributed by atoms with Crippen LogP contribution in [0.4, 0.5) is 0 Å². The van der Waals surface area contributed by atoms with Gasteiger partial charge in [-0.2, -0.15) is 0 Å². The molecule has 0 spiro atoms. The van der Waals surface area contributed by atoms with Gasteiger partial charge >= 0.3 is 0 Å². The third-order valence-corrected chi connectivity index (χ3v) is 8.24. The predicted octanol–water partition coefficient (Wildman–Crippen LogP) is 3.85. The molecule has 34 heavy (non-hydrogen) atoms. The normalized spacial score (nSPS) is 21.4. The van der Waals surface area contributed by atoms with Crippen LogP contribution in [0.25, 0.3) is 0 Å². The van der Waals surface area contributed by atoms with Crippen LogP contribution in [0.5, 0.6) is 0 Å². The number of nitrogens with zero attached hydrogens (tertiary/aromatic N) is 1. The van der Waals surface area contributed by atoms with Crippen LogP contribution in [0.3, 0.4) is 0 Å². The fourth-order valence-corrected chi connectivity index (χ4v) is 6.22. The number of likely N-dealkylation sites (tertiary alicyclic amines) is 1. The molecule has 2 N–H and O–H groups in total. The zero-order chi connectivity index (χ0) is 24.1. The smallest absolute Gasteiger partial charge is 0.240 e. The van der Waals surface area contributed by atoms with Gasteiger partial charge in [-0.25, -0.2) is 13.1 Å². The first-order valence-corrected chi connectivity index (χ1v) is 13.9. The van der Waals surface area contributed by atoms with Crippen molar-refractivity contribution < 1.29 is 13.2 Å². The predicted molar refractivity (Wildman–Crippen MR) is 135 cm³/mol. The van der Waals surface area contributed by atoms with E-state index < -0.39 is 10.0 Å². The second-order valence-corrected chi connectivity index (χ2v) is 11.9. The summed E-state index contributed by atoms with van der Waals surface area (Å²) in [6, 6.07) is 15.3. The summed E-state index contributed by atoms with van der Waals surface area (Å²) in [6.45, 7) is 8.35. The van der Waals surface area contributed by atoms with Crippen LogP contribution in [0, 0.1) is 11.8 Å². The maximum atomic E-state index is 12.5. The molecule has 0 aromatic heterocycles. The summed E-state index contributed by atoms with van der Waals surface area (Å²) in [5.74, 6) is 1.45. The van der Waals surface area contributed by atoms with Crippen LogP contribution in [0.1, 0.15) is 56.2 Å². The SMILES string of the molecule is CC1CC(C)CN(Cc2ccccc2CNC(=O)CCc2ccc(S(=O)(=O)NC3CC3)cc2)C1. The maximum absolute atomic E-state index is 12.5. The summed E-state index contributed by atoms with van der Waals surface area (Å²) in [6.07, 6.45) is 4.06. The molecular weight excluding hydrogens is 446 g/mol. The highest BCUT2D eigenvalue weighted by Gasteiger charge is 2.28. The first-order chi connectivity index (χ1) is 16.3. The second kappa shape index (κ2) is 11.0. The third-order valence-electron chi connectivity index (χ3n) is 6.71. The van der Waals surface area contributed by atoms with Gasteiger partial charge in [0, 0.05) is 38.6 Å². The number of hydrogen-bond donors (Lipinski definition) is 2. The third kappa shape index (κ3) is 7.14. The molecule has 2 atom stereocenters. The van der Waals surface area contributed by atoms with Crippen LogP contribution in [-0.2, 0) is 34.3 Å². The van der Waals surface area contributed by atoms with Gasteiger partial charge in [0.1, 0.15) is 0 Å². The van der Waals surface area contributed by atoms with Crippen molar-refractivity contribution in [1.82, 2.24) is 14.9 Å². The van der Waals surface area contributed by atoms with Gasteiger partial charge in [-0.05, 0) is 66.3 Å². The molecule has 2 aromatic carbocycles. The lowest BCUT2D eigenvalue weighted by molar-refractivity contribution is -0.121. The molecule has 1 aliphatic carbocycles. The summed E-state index contributed by atoms with van der Waals surface area (Å²) >= 11 is 0. The van der Waals surface area contributed by atoms with Gasteiger partial charge in [0.2, 0.25) is 15.9 Å². The molecule has 4 rings (SSSR count). The van der Waals surface area contributed by atoms with Crippen molar-refractivity contribution in [2.45, 2.75) is 70.0 Å². The highest BCUT2D eigenvalue weighted by atomic mass is 32.2. The summed E-state index contributed by atoms with van der Waals surface area (Å²) in [7, 11) is -3.44. The fourth-order valence-electron chi connectivity index (χ4n) is 4.91. The van der Waals surface area contributed by atoms with Crippen molar-refractivity contribution in [2.24, 2.45) is 11.8 Å². The van der Waals surface area contributed by atoms with E-state index in [1.54, 1.807) is 24.3 Å². The van der Waals surface area contributed by atoms with Gasteiger partial charge in [0.05, 0.1) is 4.90 Å². The maximum Gasteiger partial charge on any atom is 0.240 e. The Hall–Kier alpha value is -2.22. The summed E-state index contributed by atoms with van der Waals surface area (Å²) in [5, 5.41) is 3.07. The molecule has 184 valence electrons. The number of hydrogen-bond acceptors (Lipinski definition) is 4. The largest absolute Gasteiger partial charge is 0.352 e. The van der Waals surface area contributed by atoms with Crippen molar-refractivity contribution in [2.75, 3.05) is 13.1 Å². The van der Waals surface area contributed by atoms with Crippen LogP contribution < -0.4 is 10.0 Å². The zero-order valence-corrected chi connectivity index (χ0v) is 21.1. The van der Waals surface area contributed by atoms with Crippen molar-refractivity contribution in [3.63, 3.8) is 0 Å². The number of carbonyl (C=O) groups excluding carboxylic acids is 1. The number of nitrogens with one attached hydrogen (secondary N) is 2. The molecule has 1 heterocycles. The van der Waals surface area contributed by atoms with Crippen molar-refractivity contribution >= 4 is 15.9 Å². The first-order valence-electron chi connectivity index (χ1n) is 12.5. The number of piperidine rings is 1. The molecule has 6 nitrogen and oxygen atoms in total. The molecule has 1 aliphatic heterocycles. The Morgan fingerprint density at radius 3 is 2.26 bits per heavy atom. The Labute approximate surface area is 204 Å². The van der Waals surface area contributed by atoms with Gasteiger partial charge in [-0.15, -0.1) is 0 Å². The Morgan fingerprint density at radius 1 is 0.971 bits per heavy atom. The minimum Gasteiger partial charge on any atom is -0.352 e. The van der Waals surface area contributed by atoms with Crippen LogP contribution >= 0.6 is 0 Å². The van der Waals surface area contributed by atoms with Gasteiger partial charge in [0.15, 0.2) is 0 Å². The van der Waals surface area contributed by atoms with E-state index in [0.717, 1.165) is 49.9 Å². The molecule has 2 aliphatic rings. The van der Waals surface area contributed by atoms with E-state index in [9.17, 15) is 13.2 Å². The quantitative estimate of drug-likeness (QED) is 0.538. The number of aryl methyl sites for hydroxylation is 1. The molecule has 0 radical (unpaired) electrons. The lowest BCUT2D eigenvalue weighted by Gasteiger charge is -2.35. The van der Waals surface area contributed by atoms with E-state index >= 15 is 0 Å². The van der Waals surface area contributed by atoms with Crippen LogP contribution in [-0.4, -0.2) is 38.4 Å². The van der Waals surface area contributed by atoms with E-state index in [1.165, 1.54) is 17.5 Å². The van der Waals surface area contributed by atoms with Crippen LogP contribution in [0.15, 0.2) is 53.4 Å². The first kappa shape index (κ1) is 24.9. The summed E-state index contributed by atoms with van der Waals surface area (Å²) in [4.78, 5) is 15.3. The number of benzene rings is 2. The van der Waals surface area contributed by atoms with Gasteiger partial charge in [-0.3, -0.25) is 9.69 Å². The zero-order valence-electron chi connectivity index (χ0n) is 20.3. The van der Waals surface area contributed by atoms with Crippen molar-refractivity contribution in [3.8, 4) is 0 Å². The average molecular weight is 484 g/mol. The molecular formula is C27H37N3O3S. The van der Waals surface area contributed by atoms with E-state index in [0.29, 0.717) is 19.4 Å². The molecule has 7 heteroatoms. The van der Waals surface area contributed by atoms with E-state index in [-0.39, 0.29) is 16.8 Å². The summed E-state index contributed by atoms with van der Waals surface area (Å²) in [5.41, 5.74) is 3.40. The van der Waals surface area contributed by atoms with Gasteiger partial charge in [0.25, 0.3) is 0 Å². The lowest BCUT2D eigenvalue weighted by atomic mass is 9.91. The fraction of sp³-hybridized carbons (Fsp3) is 0.519. The molecule has 2 fully saturated rings. The molecule has 1 amide bonds. The molecule has 2 aromatic rings.